The van der Waals surface area contributed by atoms with Crippen molar-refractivity contribution >= 4 is 32.4 Å². The fraction of sp³-hybridized carbons (Fsp3) is 1.00. The third kappa shape index (κ3) is 8.92. The van der Waals surface area contributed by atoms with Crippen molar-refractivity contribution in [2.75, 3.05) is 12.0 Å². The molecule has 11 heavy (non-hydrogen) atoms. The van der Waals surface area contributed by atoms with Crippen molar-refractivity contribution in [1.29, 1.82) is 0 Å². The quantitative estimate of drug-likeness (QED) is 0.345. The summed E-state index contributed by atoms with van der Waals surface area (Å²) in [5, 5.41) is 0.357. The Hall–Kier alpha value is 1.01. The van der Waals surface area contributed by atoms with Crippen molar-refractivity contribution < 1.29 is 0 Å². The second-order valence-electron chi connectivity index (χ2n) is 2.72. The summed E-state index contributed by atoms with van der Waals surface area (Å²) in [7, 11) is 2.67. The van der Waals surface area contributed by atoms with Gasteiger partial charge in [-0.15, -0.1) is 32.4 Å². The molecule has 0 radical (unpaired) electrons. The van der Waals surface area contributed by atoms with Crippen LogP contribution in [0.2, 0.25) is 0 Å². The van der Waals surface area contributed by atoms with E-state index >= 15 is 0 Å². The molecule has 0 N–H and O–H groups in total. The predicted octanol–water partition coefficient (Wildman–Crippen LogP) is 3.66. The van der Waals surface area contributed by atoms with Crippen molar-refractivity contribution in [3.63, 3.8) is 0 Å². The molecule has 3 heteroatoms. The van der Waals surface area contributed by atoms with E-state index in [0.29, 0.717) is 5.38 Å². The van der Waals surface area contributed by atoms with E-state index in [0.717, 1.165) is 24.9 Å². The molecule has 0 saturated heterocycles. The largest absolute Gasteiger partial charge is 0.136 e. The Morgan fingerprint density at radius 1 is 1.09 bits per heavy atom. The van der Waals surface area contributed by atoms with Gasteiger partial charge in [0.25, 0.3) is 0 Å². The highest BCUT2D eigenvalue weighted by Crippen LogP contribution is 2.12. The lowest BCUT2D eigenvalue weighted by Crippen LogP contribution is -1.98. The van der Waals surface area contributed by atoms with Gasteiger partial charge in [0.2, 0.25) is 0 Å². The molecule has 0 aromatic carbocycles. The summed E-state index contributed by atoms with van der Waals surface area (Å²) < 4.78 is 0. The van der Waals surface area contributed by atoms with Crippen LogP contribution < -0.4 is 0 Å². The Morgan fingerprint density at radius 2 is 1.73 bits per heavy atom. The lowest BCUT2D eigenvalue weighted by molar-refractivity contribution is 0.631. The zero-order chi connectivity index (χ0) is 8.53. The Bertz CT molecular complexity index is 78.5. The molecule has 0 bridgehead atoms. The van der Waals surface area contributed by atoms with Gasteiger partial charge in [0.15, 0.2) is 0 Å². The number of halogens is 2. The molecule has 0 amide bonds. The third-order valence-electron chi connectivity index (χ3n) is 1.66. The maximum atomic E-state index is 5.93. The Labute approximate surface area is 82.2 Å². The number of hydrogen-bond donors (Lipinski definition) is 0. The van der Waals surface area contributed by atoms with Crippen molar-refractivity contribution in [2.45, 2.75) is 37.5 Å². The summed E-state index contributed by atoms with van der Waals surface area (Å²) >= 11 is 11.5. The smallest absolute Gasteiger partial charge is 0.0370 e. The molecule has 0 aliphatic rings. The first kappa shape index (κ1) is 12.0. The molecule has 0 spiro atoms. The van der Waals surface area contributed by atoms with Gasteiger partial charge >= 0.3 is 0 Å². The van der Waals surface area contributed by atoms with Gasteiger partial charge in [0.05, 0.1) is 0 Å². The molecule has 0 rings (SSSR count). The molecule has 0 aliphatic carbocycles. The van der Waals surface area contributed by atoms with Gasteiger partial charge in [0, 0.05) is 11.3 Å². The first-order valence-electron chi connectivity index (χ1n) is 4.21. The van der Waals surface area contributed by atoms with Gasteiger partial charge < -0.3 is 0 Å². The molecule has 0 aliphatic heterocycles. The molecular weight excluding hydrogens is 198 g/mol. The fourth-order valence-electron chi connectivity index (χ4n) is 0.932. The minimum absolute atomic E-state index is 0.357. The van der Waals surface area contributed by atoms with Crippen LogP contribution in [-0.2, 0) is 0 Å². The standard InChI is InChI=1S/C8H17Cl2P/c9-6-4-2-1-3-5-8(10)7-11/h8H,1-7,11H2. The summed E-state index contributed by atoms with van der Waals surface area (Å²) in [6.45, 7) is 0. The van der Waals surface area contributed by atoms with E-state index in [9.17, 15) is 0 Å². The van der Waals surface area contributed by atoms with Gasteiger partial charge in [-0.1, -0.05) is 19.3 Å². The lowest BCUT2D eigenvalue weighted by atomic mass is 10.1. The van der Waals surface area contributed by atoms with Crippen LogP contribution in [-0.4, -0.2) is 17.4 Å². The molecule has 0 heterocycles. The van der Waals surface area contributed by atoms with E-state index in [1.807, 2.05) is 0 Å². The van der Waals surface area contributed by atoms with E-state index in [1.54, 1.807) is 0 Å². The molecule has 2 unspecified atom stereocenters. The van der Waals surface area contributed by atoms with E-state index < -0.39 is 0 Å². The summed E-state index contributed by atoms with van der Waals surface area (Å²) in [4.78, 5) is 0. The second kappa shape index (κ2) is 9.10. The van der Waals surface area contributed by atoms with E-state index in [4.69, 9.17) is 23.2 Å². The molecule has 0 fully saturated rings. The van der Waals surface area contributed by atoms with Crippen LogP contribution in [0.4, 0.5) is 0 Å². The van der Waals surface area contributed by atoms with Crippen LogP contribution in [0.3, 0.4) is 0 Å². The third-order valence-corrected chi connectivity index (χ3v) is 3.19. The van der Waals surface area contributed by atoms with E-state index in [1.165, 1.54) is 19.3 Å². The zero-order valence-corrected chi connectivity index (χ0v) is 9.53. The molecule has 0 aromatic rings. The lowest BCUT2D eigenvalue weighted by Gasteiger charge is -2.04. The highest BCUT2D eigenvalue weighted by atomic mass is 35.5. The van der Waals surface area contributed by atoms with Crippen molar-refractivity contribution in [1.82, 2.24) is 0 Å². The molecule has 2 atom stereocenters. The first-order chi connectivity index (χ1) is 5.31. The van der Waals surface area contributed by atoms with Crippen LogP contribution >= 0.6 is 32.4 Å². The zero-order valence-electron chi connectivity index (χ0n) is 6.86. The average molecular weight is 215 g/mol. The second-order valence-corrected chi connectivity index (χ2v) is 4.19. The normalized spacial score (nSPS) is 13.4. The Balaban J connectivity index is 2.89. The molecule has 0 nitrogen and oxygen atoms in total. The predicted molar refractivity (Wildman–Crippen MR) is 58.0 cm³/mol. The monoisotopic (exact) mass is 214 g/mol. The van der Waals surface area contributed by atoms with E-state index in [-0.39, 0.29) is 0 Å². The Morgan fingerprint density at radius 3 is 2.27 bits per heavy atom. The average Bonchev–Trinajstić information content (AvgIpc) is 2.04. The summed E-state index contributed by atoms with van der Waals surface area (Å²) in [5.41, 5.74) is 0. The SMILES string of the molecule is PCC(Cl)CCCCCCCl. The number of rotatable bonds is 7. The fourth-order valence-corrected chi connectivity index (χ4v) is 1.51. The van der Waals surface area contributed by atoms with Gasteiger partial charge in [0.1, 0.15) is 0 Å². The first-order valence-corrected chi connectivity index (χ1v) is 6.00. The highest BCUT2D eigenvalue weighted by Gasteiger charge is 1.99. The summed E-state index contributed by atoms with van der Waals surface area (Å²) in [6.07, 6.45) is 7.09. The maximum absolute atomic E-state index is 5.93. The van der Waals surface area contributed by atoms with Crippen LogP contribution in [0, 0.1) is 0 Å². The summed E-state index contributed by atoms with van der Waals surface area (Å²) in [6, 6.07) is 0. The maximum Gasteiger partial charge on any atom is 0.0370 e. The van der Waals surface area contributed by atoms with Gasteiger partial charge in [-0.2, -0.15) is 0 Å². The van der Waals surface area contributed by atoms with Crippen molar-refractivity contribution in [3.05, 3.63) is 0 Å². The van der Waals surface area contributed by atoms with Crippen molar-refractivity contribution in [3.8, 4) is 0 Å². The van der Waals surface area contributed by atoms with E-state index in [2.05, 4.69) is 9.24 Å². The van der Waals surface area contributed by atoms with Crippen LogP contribution in [0.1, 0.15) is 32.1 Å². The molecule has 0 saturated carbocycles. The van der Waals surface area contributed by atoms with Crippen molar-refractivity contribution in [2.24, 2.45) is 0 Å². The van der Waals surface area contributed by atoms with Crippen LogP contribution in [0.25, 0.3) is 0 Å². The number of unbranched alkanes of at least 4 members (excludes halogenated alkanes) is 3. The summed E-state index contributed by atoms with van der Waals surface area (Å²) in [5.74, 6) is 0.800. The number of alkyl halides is 2. The minimum Gasteiger partial charge on any atom is -0.136 e. The number of hydrogen-bond acceptors (Lipinski definition) is 0. The van der Waals surface area contributed by atoms with Crippen LogP contribution in [0.5, 0.6) is 0 Å². The van der Waals surface area contributed by atoms with Gasteiger partial charge in [-0.3, -0.25) is 0 Å². The topological polar surface area (TPSA) is 0 Å². The minimum atomic E-state index is 0.357. The Kier molecular flexibility index (Phi) is 9.94. The van der Waals surface area contributed by atoms with Gasteiger partial charge in [-0.25, -0.2) is 0 Å². The molecule has 68 valence electrons. The molecule has 0 aromatic heterocycles. The highest BCUT2D eigenvalue weighted by molar-refractivity contribution is 7.16. The van der Waals surface area contributed by atoms with Gasteiger partial charge in [-0.05, 0) is 19.0 Å². The molecular formula is C8H17Cl2P. The van der Waals surface area contributed by atoms with Crippen LogP contribution in [0.15, 0.2) is 0 Å².